The first-order chi connectivity index (χ1) is 7.88. The smallest absolute Gasteiger partial charge is 0.119 e. The molecule has 0 bridgehead atoms. The van der Waals surface area contributed by atoms with Gasteiger partial charge >= 0.3 is 0 Å². The molecule has 1 N–H and O–H groups in total. The number of nitrogens with one attached hydrogen (secondary N) is 1. The molecule has 0 radical (unpaired) electrons. The summed E-state index contributed by atoms with van der Waals surface area (Å²) < 4.78 is 5.18. The molecule has 0 amide bonds. The normalized spacial score (nSPS) is 10.3. The molecule has 16 heavy (non-hydrogen) atoms. The third-order valence-electron chi connectivity index (χ3n) is 2.37. The second-order valence-electron chi connectivity index (χ2n) is 3.59. The molecule has 0 fully saturated rings. The lowest BCUT2D eigenvalue weighted by Crippen LogP contribution is -2.11. The van der Waals surface area contributed by atoms with Crippen molar-refractivity contribution in [1.29, 1.82) is 0 Å². The van der Waals surface area contributed by atoms with Gasteiger partial charge in [-0.1, -0.05) is 12.1 Å². The average Bonchev–Trinajstić information content (AvgIpc) is 2.82. The summed E-state index contributed by atoms with van der Waals surface area (Å²) in [5.41, 5.74) is 2.59. The topological polar surface area (TPSA) is 21.3 Å². The Bertz CT molecular complexity index is 425. The highest BCUT2D eigenvalue weighted by molar-refractivity contribution is 7.07. The van der Waals surface area contributed by atoms with Gasteiger partial charge in [0.1, 0.15) is 5.75 Å². The van der Waals surface area contributed by atoms with Crippen molar-refractivity contribution >= 4 is 11.3 Å². The van der Waals surface area contributed by atoms with Crippen LogP contribution in [0.1, 0.15) is 11.1 Å². The molecule has 0 spiro atoms. The lowest BCUT2D eigenvalue weighted by molar-refractivity contribution is 0.414. The molecular weight excluding hydrogens is 218 g/mol. The van der Waals surface area contributed by atoms with E-state index in [4.69, 9.17) is 4.74 Å². The summed E-state index contributed by atoms with van der Waals surface area (Å²) in [5.74, 6) is 0.912. The van der Waals surface area contributed by atoms with Crippen LogP contribution in [0.5, 0.6) is 5.75 Å². The van der Waals surface area contributed by atoms with E-state index < -0.39 is 0 Å². The van der Waals surface area contributed by atoms with Crippen molar-refractivity contribution in [1.82, 2.24) is 5.32 Å². The van der Waals surface area contributed by atoms with Gasteiger partial charge in [0, 0.05) is 13.1 Å². The van der Waals surface area contributed by atoms with Gasteiger partial charge in [-0.2, -0.15) is 11.3 Å². The maximum Gasteiger partial charge on any atom is 0.119 e. The average molecular weight is 233 g/mol. The van der Waals surface area contributed by atoms with Crippen LogP contribution in [0.25, 0.3) is 0 Å². The first-order valence-corrected chi connectivity index (χ1v) is 6.17. The molecular formula is C13H15NOS. The van der Waals surface area contributed by atoms with Crippen LogP contribution in [0.15, 0.2) is 41.1 Å². The summed E-state index contributed by atoms with van der Waals surface area (Å²) in [4.78, 5) is 0. The first kappa shape index (κ1) is 11.2. The Morgan fingerprint density at radius 3 is 2.81 bits per heavy atom. The Hall–Kier alpha value is -1.32. The van der Waals surface area contributed by atoms with Crippen molar-refractivity contribution in [2.24, 2.45) is 0 Å². The highest BCUT2D eigenvalue weighted by atomic mass is 32.1. The maximum atomic E-state index is 5.18. The van der Waals surface area contributed by atoms with Crippen molar-refractivity contribution in [3.05, 3.63) is 52.2 Å². The predicted molar refractivity (Wildman–Crippen MR) is 67.9 cm³/mol. The van der Waals surface area contributed by atoms with Gasteiger partial charge in [0.05, 0.1) is 7.11 Å². The fraction of sp³-hybridized carbons (Fsp3) is 0.231. The van der Waals surface area contributed by atoms with E-state index in [-0.39, 0.29) is 0 Å². The van der Waals surface area contributed by atoms with Crippen LogP contribution in [0.2, 0.25) is 0 Å². The Morgan fingerprint density at radius 1 is 1.19 bits per heavy atom. The molecule has 1 aromatic carbocycles. The van der Waals surface area contributed by atoms with Gasteiger partial charge in [-0.15, -0.1) is 0 Å². The summed E-state index contributed by atoms with van der Waals surface area (Å²) in [7, 11) is 1.69. The van der Waals surface area contributed by atoms with E-state index in [0.29, 0.717) is 0 Å². The van der Waals surface area contributed by atoms with Crippen LogP contribution in [-0.2, 0) is 13.1 Å². The van der Waals surface area contributed by atoms with Crippen molar-refractivity contribution in [2.45, 2.75) is 13.1 Å². The SMILES string of the molecule is COc1cccc(CNCc2ccsc2)c1. The largest absolute Gasteiger partial charge is 0.497 e. The molecule has 0 saturated carbocycles. The summed E-state index contributed by atoms with van der Waals surface area (Å²) in [6.07, 6.45) is 0. The van der Waals surface area contributed by atoms with Gasteiger partial charge in [0.2, 0.25) is 0 Å². The monoisotopic (exact) mass is 233 g/mol. The van der Waals surface area contributed by atoms with E-state index in [0.717, 1.165) is 18.8 Å². The van der Waals surface area contributed by atoms with Crippen LogP contribution >= 0.6 is 11.3 Å². The summed E-state index contributed by atoms with van der Waals surface area (Å²) in [6, 6.07) is 10.3. The molecule has 1 aromatic heterocycles. The summed E-state index contributed by atoms with van der Waals surface area (Å²) in [6.45, 7) is 1.79. The standard InChI is InChI=1S/C13H15NOS/c1-15-13-4-2-3-11(7-13)8-14-9-12-5-6-16-10-12/h2-7,10,14H,8-9H2,1H3. The fourth-order valence-corrected chi connectivity index (χ4v) is 2.20. The fourth-order valence-electron chi connectivity index (χ4n) is 1.53. The number of hydrogen-bond donors (Lipinski definition) is 1. The minimum atomic E-state index is 0.868. The molecule has 0 atom stereocenters. The molecule has 0 unspecified atom stereocenters. The highest BCUT2D eigenvalue weighted by Gasteiger charge is 1.96. The van der Waals surface area contributed by atoms with E-state index in [9.17, 15) is 0 Å². The number of hydrogen-bond acceptors (Lipinski definition) is 3. The van der Waals surface area contributed by atoms with Crippen LogP contribution < -0.4 is 10.1 Å². The molecule has 0 saturated heterocycles. The van der Waals surface area contributed by atoms with Gasteiger partial charge in [-0.05, 0) is 40.1 Å². The van der Waals surface area contributed by atoms with Gasteiger partial charge in [-0.3, -0.25) is 0 Å². The number of ether oxygens (including phenoxy) is 1. The van der Waals surface area contributed by atoms with E-state index in [1.165, 1.54) is 11.1 Å². The molecule has 0 aliphatic heterocycles. The van der Waals surface area contributed by atoms with Crippen LogP contribution in [0.4, 0.5) is 0 Å². The van der Waals surface area contributed by atoms with E-state index in [1.807, 2.05) is 12.1 Å². The van der Waals surface area contributed by atoms with Crippen molar-refractivity contribution in [3.63, 3.8) is 0 Å². The predicted octanol–water partition coefficient (Wildman–Crippen LogP) is 3.05. The van der Waals surface area contributed by atoms with Gasteiger partial charge in [0.25, 0.3) is 0 Å². The van der Waals surface area contributed by atoms with Crippen LogP contribution in [0.3, 0.4) is 0 Å². The molecule has 3 heteroatoms. The number of benzene rings is 1. The minimum absolute atomic E-state index is 0.868. The van der Waals surface area contributed by atoms with E-state index in [2.05, 4.69) is 34.3 Å². The molecule has 0 aliphatic rings. The Balaban J connectivity index is 1.85. The molecule has 2 nitrogen and oxygen atoms in total. The second kappa shape index (κ2) is 5.68. The summed E-state index contributed by atoms with van der Waals surface area (Å²) >= 11 is 1.73. The quantitative estimate of drug-likeness (QED) is 0.857. The lowest BCUT2D eigenvalue weighted by Gasteiger charge is -2.05. The highest BCUT2D eigenvalue weighted by Crippen LogP contribution is 2.12. The summed E-state index contributed by atoms with van der Waals surface area (Å²) in [5, 5.41) is 7.67. The third kappa shape index (κ3) is 3.08. The van der Waals surface area contributed by atoms with Gasteiger partial charge in [0.15, 0.2) is 0 Å². The second-order valence-corrected chi connectivity index (χ2v) is 4.37. The van der Waals surface area contributed by atoms with E-state index in [1.54, 1.807) is 18.4 Å². The van der Waals surface area contributed by atoms with Crippen LogP contribution in [-0.4, -0.2) is 7.11 Å². The van der Waals surface area contributed by atoms with Crippen molar-refractivity contribution in [3.8, 4) is 5.75 Å². The zero-order valence-electron chi connectivity index (χ0n) is 9.27. The van der Waals surface area contributed by atoms with Crippen molar-refractivity contribution in [2.75, 3.05) is 7.11 Å². The first-order valence-electron chi connectivity index (χ1n) is 5.23. The zero-order chi connectivity index (χ0) is 11.2. The Kier molecular flexibility index (Phi) is 3.97. The molecule has 2 rings (SSSR count). The maximum absolute atomic E-state index is 5.18. The van der Waals surface area contributed by atoms with Crippen molar-refractivity contribution < 1.29 is 4.74 Å². The molecule has 0 aliphatic carbocycles. The minimum Gasteiger partial charge on any atom is -0.497 e. The lowest BCUT2D eigenvalue weighted by atomic mass is 10.2. The van der Waals surface area contributed by atoms with Gasteiger partial charge < -0.3 is 10.1 Å². The van der Waals surface area contributed by atoms with Gasteiger partial charge in [-0.25, -0.2) is 0 Å². The van der Waals surface area contributed by atoms with Crippen LogP contribution in [0, 0.1) is 0 Å². The number of rotatable bonds is 5. The molecule has 2 aromatic rings. The Labute approximate surface area is 99.9 Å². The Morgan fingerprint density at radius 2 is 2.06 bits per heavy atom. The van der Waals surface area contributed by atoms with E-state index >= 15 is 0 Å². The zero-order valence-corrected chi connectivity index (χ0v) is 10.1. The third-order valence-corrected chi connectivity index (χ3v) is 3.10. The molecule has 1 heterocycles. The number of thiophene rings is 1. The molecule has 84 valence electrons. The number of methoxy groups -OCH3 is 1.